The molecule has 2 heterocycles. The summed E-state index contributed by atoms with van der Waals surface area (Å²) >= 11 is 0. The highest BCUT2D eigenvalue weighted by molar-refractivity contribution is 5.87. The van der Waals surface area contributed by atoms with E-state index in [4.69, 9.17) is 0 Å². The van der Waals surface area contributed by atoms with Gasteiger partial charge in [-0.3, -0.25) is 4.79 Å². The summed E-state index contributed by atoms with van der Waals surface area (Å²) in [5.74, 6) is -1.80. The van der Waals surface area contributed by atoms with E-state index in [1.165, 1.54) is 0 Å². The van der Waals surface area contributed by atoms with Gasteiger partial charge in [-0.1, -0.05) is 25.1 Å². The van der Waals surface area contributed by atoms with Crippen LogP contribution in [0.5, 0.6) is 0 Å². The Kier molecular flexibility index (Phi) is 2.64. The van der Waals surface area contributed by atoms with E-state index in [2.05, 4.69) is 0 Å². The minimum Gasteiger partial charge on any atom is -0.481 e. The number of hydrogen-bond donors (Lipinski definition) is 2. The van der Waals surface area contributed by atoms with Crippen molar-refractivity contribution in [2.75, 3.05) is 0 Å². The first-order valence-corrected chi connectivity index (χ1v) is 6.58. The van der Waals surface area contributed by atoms with Crippen molar-refractivity contribution in [3.8, 4) is 0 Å². The Morgan fingerprint density at radius 2 is 2.05 bits per heavy atom. The maximum absolute atomic E-state index is 11.4. The predicted octanol–water partition coefficient (Wildman–Crippen LogP) is 2.65. The van der Waals surface area contributed by atoms with Crippen LogP contribution in [0.3, 0.4) is 0 Å². The lowest BCUT2D eigenvalue weighted by Crippen LogP contribution is -2.23. The fraction of sp³-hybridized carbons (Fsp3) is 0.400. The van der Waals surface area contributed by atoms with Crippen LogP contribution in [0.1, 0.15) is 36.7 Å². The van der Waals surface area contributed by atoms with Crippen molar-refractivity contribution in [2.45, 2.75) is 32.4 Å². The lowest BCUT2D eigenvalue weighted by Gasteiger charge is -2.17. The van der Waals surface area contributed by atoms with Gasteiger partial charge in [0, 0.05) is 17.0 Å². The Morgan fingerprint density at radius 1 is 1.37 bits per heavy atom. The summed E-state index contributed by atoms with van der Waals surface area (Å²) in [6.45, 7) is 3.98. The van der Waals surface area contributed by atoms with Crippen molar-refractivity contribution in [1.82, 2.24) is 4.57 Å². The van der Waals surface area contributed by atoms with Crippen LogP contribution < -0.4 is 0 Å². The third-order valence-electron chi connectivity index (χ3n) is 4.31. The Morgan fingerprint density at radius 3 is 2.68 bits per heavy atom. The highest BCUT2D eigenvalue weighted by Crippen LogP contribution is 2.47. The molecule has 4 heteroatoms. The monoisotopic (exact) mass is 259 g/mol. The quantitative estimate of drug-likeness (QED) is 0.871. The number of carboxylic acid groups (broad SMARTS) is 1. The Hall–Kier alpha value is -1.81. The molecule has 19 heavy (non-hydrogen) atoms. The third kappa shape index (κ3) is 1.46. The van der Waals surface area contributed by atoms with Crippen LogP contribution in [-0.4, -0.2) is 20.7 Å². The van der Waals surface area contributed by atoms with E-state index in [0.717, 1.165) is 22.2 Å². The third-order valence-corrected chi connectivity index (χ3v) is 4.31. The van der Waals surface area contributed by atoms with Crippen molar-refractivity contribution in [3.63, 3.8) is 0 Å². The van der Waals surface area contributed by atoms with E-state index in [0.29, 0.717) is 6.42 Å². The minimum absolute atomic E-state index is 0.125. The van der Waals surface area contributed by atoms with E-state index in [1.807, 2.05) is 38.1 Å². The molecule has 3 unspecified atom stereocenters. The van der Waals surface area contributed by atoms with Crippen molar-refractivity contribution >= 4 is 16.9 Å². The van der Waals surface area contributed by atoms with Gasteiger partial charge in [0.2, 0.25) is 0 Å². The molecule has 0 saturated heterocycles. The molecule has 0 bridgehead atoms. The molecule has 0 spiro atoms. The number of aliphatic carboxylic acids is 1. The second kappa shape index (κ2) is 4.10. The van der Waals surface area contributed by atoms with E-state index >= 15 is 0 Å². The largest absolute Gasteiger partial charge is 0.481 e. The van der Waals surface area contributed by atoms with Gasteiger partial charge in [0.05, 0.1) is 5.52 Å². The number of rotatable bonds is 2. The molecule has 2 aromatic rings. The van der Waals surface area contributed by atoms with Crippen LogP contribution in [0.4, 0.5) is 0 Å². The van der Waals surface area contributed by atoms with Crippen LogP contribution in [0.25, 0.3) is 10.9 Å². The summed E-state index contributed by atoms with van der Waals surface area (Å²) in [6, 6.07) is 7.83. The molecule has 0 fully saturated rings. The molecule has 100 valence electrons. The molecule has 1 aliphatic rings. The average Bonchev–Trinajstić information content (AvgIpc) is 2.85. The van der Waals surface area contributed by atoms with Gasteiger partial charge >= 0.3 is 5.97 Å². The van der Waals surface area contributed by atoms with E-state index in [-0.39, 0.29) is 5.92 Å². The number of hydrogen-bond acceptors (Lipinski definition) is 2. The normalized spacial score (nSPS) is 25.7. The predicted molar refractivity (Wildman–Crippen MR) is 72.1 cm³/mol. The van der Waals surface area contributed by atoms with Crippen molar-refractivity contribution < 1.29 is 15.0 Å². The summed E-state index contributed by atoms with van der Waals surface area (Å²) in [5.41, 5.74) is 2.98. The molecule has 3 rings (SSSR count). The molecule has 1 aromatic carbocycles. The number of aliphatic hydroxyl groups excluding tert-OH is 1. The second-order valence-corrected chi connectivity index (χ2v) is 5.19. The summed E-state index contributed by atoms with van der Waals surface area (Å²) < 4.78 is 1.80. The second-order valence-electron chi connectivity index (χ2n) is 5.19. The standard InChI is InChI=1S/C15H17NO3/c1-3-9-12(15(18)19)14(17)16-11-7-5-4-6-10(11)8(2)13(9)16/h4-7,9,12,14,17H,3H2,1-2H3,(H,18,19). The first-order chi connectivity index (χ1) is 9.07. The fourth-order valence-electron chi connectivity index (χ4n) is 3.48. The number of benzene rings is 1. The maximum Gasteiger partial charge on any atom is 0.311 e. The lowest BCUT2D eigenvalue weighted by molar-refractivity contribution is -0.147. The summed E-state index contributed by atoms with van der Waals surface area (Å²) in [7, 11) is 0. The smallest absolute Gasteiger partial charge is 0.311 e. The topological polar surface area (TPSA) is 62.5 Å². The SMILES string of the molecule is CCC1c2c(C)c3ccccc3n2C(O)C1C(=O)O. The van der Waals surface area contributed by atoms with Gasteiger partial charge in [0.1, 0.15) is 12.1 Å². The van der Waals surface area contributed by atoms with Crippen molar-refractivity contribution in [1.29, 1.82) is 0 Å². The average molecular weight is 259 g/mol. The van der Waals surface area contributed by atoms with Crippen molar-refractivity contribution in [2.24, 2.45) is 5.92 Å². The molecule has 0 saturated carbocycles. The zero-order chi connectivity index (χ0) is 13.7. The number of para-hydroxylation sites is 1. The summed E-state index contributed by atoms with van der Waals surface area (Å²) in [4.78, 5) is 11.4. The fourth-order valence-corrected chi connectivity index (χ4v) is 3.48. The van der Waals surface area contributed by atoms with Crippen LogP contribution in [0, 0.1) is 12.8 Å². The Labute approximate surface area is 111 Å². The molecule has 2 N–H and O–H groups in total. The zero-order valence-electron chi connectivity index (χ0n) is 11.0. The summed E-state index contributed by atoms with van der Waals surface area (Å²) in [6.07, 6.45) is -0.262. The Balaban J connectivity index is 2.31. The van der Waals surface area contributed by atoms with E-state index in [1.54, 1.807) is 4.57 Å². The van der Waals surface area contributed by atoms with Gasteiger partial charge < -0.3 is 14.8 Å². The number of nitrogens with zero attached hydrogens (tertiary/aromatic N) is 1. The number of aryl methyl sites for hydroxylation is 1. The highest BCUT2D eigenvalue weighted by Gasteiger charge is 2.45. The molecule has 3 atom stereocenters. The van der Waals surface area contributed by atoms with Gasteiger partial charge in [0.15, 0.2) is 0 Å². The van der Waals surface area contributed by atoms with Gasteiger partial charge in [0.25, 0.3) is 0 Å². The van der Waals surface area contributed by atoms with Gasteiger partial charge in [-0.15, -0.1) is 0 Å². The lowest BCUT2D eigenvalue weighted by atomic mass is 9.87. The molecule has 4 nitrogen and oxygen atoms in total. The summed E-state index contributed by atoms with van der Waals surface area (Å²) in [5, 5.41) is 20.9. The van der Waals surface area contributed by atoms with Crippen molar-refractivity contribution in [3.05, 3.63) is 35.5 Å². The number of carbonyl (C=O) groups is 1. The molecule has 0 radical (unpaired) electrons. The molecule has 0 aliphatic carbocycles. The number of aromatic nitrogens is 1. The van der Waals surface area contributed by atoms with Crippen LogP contribution in [-0.2, 0) is 4.79 Å². The molecule has 0 amide bonds. The first kappa shape index (κ1) is 12.2. The molecule has 1 aromatic heterocycles. The molecule has 1 aliphatic heterocycles. The molecular weight excluding hydrogens is 242 g/mol. The number of carboxylic acids is 1. The van der Waals surface area contributed by atoms with Crippen LogP contribution >= 0.6 is 0 Å². The zero-order valence-corrected chi connectivity index (χ0v) is 11.0. The maximum atomic E-state index is 11.4. The highest BCUT2D eigenvalue weighted by atomic mass is 16.4. The number of aliphatic hydroxyl groups is 1. The number of fused-ring (bicyclic) bond motifs is 3. The van der Waals surface area contributed by atoms with Gasteiger partial charge in [-0.2, -0.15) is 0 Å². The van der Waals surface area contributed by atoms with E-state index < -0.39 is 18.1 Å². The van der Waals surface area contributed by atoms with Gasteiger partial charge in [-0.25, -0.2) is 0 Å². The molecular formula is C15H17NO3. The first-order valence-electron chi connectivity index (χ1n) is 6.58. The Bertz CT molecular complexity index is 659. The van der Waals surface area contributed by atoms with E-state index in [9.17, 15) is 15.0 Å². The van der Waals surface area contributed by atoms with Crippen LogP contribution in [0.2, 0.25) is 0 Å². The van der Waals surface area contributed by atoms with Gasteiger partial charge in [-0.05, 0) is 25.0 Å². The minimum atomic E-state index is -0.976. The van der Waals surface area contributed by atoms with Crippen LogP contribution in [0.15, 0.2) is 24.3 Å².